The number of para-hydroxylation sites is 1. The van der Waals surface area contributed by atoms with Crippen molar-refractivity contribution in [2.75, 3.05) is 38.1 Å². The van der Waals surface area contributed by atoms with Crippen LogP contribution in [-0.4, -0.2) is 54.4 Å². The van der Waals surface area contributed by atoms with E-state index in [1.54, 1.807) is 30.3 Å². The highest BCUT2D eigenvalue weighted by Gasteiger charge is 2.29. The molecule has 0 aromatic heterocycles. The average Bonchev–Trinajstić information content (AvgIpc) is 3.02. The van der Waals surface area contributed by atoms with Crippen LogP contribution in [0, 0.1) is 0 Å². The second kappa shape index (κ2) is 13.6. The first-order valence-electron chi connectivity index (χ1n) is 14.0. The molecule has 0 saturated carbocycles. The van der Waals surface area contributed by atoms with Crippen molar-refractivity contribution in [3.63, 3.8) is 0 Å². The third-order valence-corrected chi connectivity index (χ3v) is 7.88. The molecule has 2 amide bonds. The summed E-state index contributed by atoms with van der Waals surface area (Å²) in [6.45, 7) is 5.34. The molecule has 5 rings (SSSR count). The number of amides is 2. The van der Waals surface area contributed by atoms with E-state index in [1.807, 2.05) is 36.1 Å². The van der Waals surface area contributed by atoms with Crippen molar-refractivity contribution in [3.05, 3.63) is 130 Å². The minimum atomic E-state index is -0.286. The molecule has 1 fully saturated rings. The molecule has 6 nitrogen and oxygen atoms in total. The minimum absolute atomic E-state index is 0.0824. The highest BCUT2D eigenvalue weighted by Crippen LogP contribution is 2.30. The standard InChI is InChI=1S/C34H34BrN3O3/c1-2-23-41-31-18-17-27(24-29(31)35)33(39)36-30-16-10-9-15-28(30)34(40)38-21-19-37(20-22-38)32(25-11-5-3-6-12-25)26-13-7-4-8-14-26/h3-18,24,32H,2,19-23H2,1H3,(H,36,39). The summed E-state index contributed by atoms with van der Waals surface area (Å²) < 4.78 is 6.41. The number of piperazine rings is 1. The largest absolute Gasteiger partial charge is 0.492 e. The lowest BCUT2D eigenvalue weighted by Crippen LogP contribution is -2.50. The maximum atomic E-state index is 13.7. The Kier molecular flexibility index (Phi) is 9.49. The zero-order valence-corrected chi connectivity index (χ0v) is 24.7. The summed E-state index contributed by atoms with van der Waals surface area (Å²) >= 11 is 3.50. The summed E-state index contributed by atoms with van der Waals surface area (Å²) in [5, 5.41) is 2.95. The molecule has 7 heteroatoms. The molecule has 1 saturated heterocycles. The molecular formula is C34H34BrN3O3. The predicted octanol–water partition coefficient (Wildman–Crippen LogP) is 7.04. The van der Waals surface area contributed by atoms with Crippen molar-refractivity contribution in [1.29, 1.82) is 0 Å². The summed E-state index contributed by atoms with van der Waals surface area (Å²) in [7, 11) is 0. The Hall–Kier alpha value is -3.94. The number of carbonyl (C=O) groups is 2. The predicted molar refractivity (Wildman–Crippen MR) is 167 cm³/mol. The zero-order chi connectivity index (χ0) is 28.6. The van der Waals surface area contributed by atoms with E-state index in [1.165, 1.54) is 11.1 Å². The number of anilines is 1. The number of carbonyl (C=O) groups excluding carboxylic acids is 2. The van der Waals surface area contributed by atoms with E-state index in [0.717, 1.165) is 19.5 Å². The molecule has 0 bridgehead atoms. The molecule has 0 spiro atoms. The second-order valence-corrected chi connectivity index (χ2v) is 10.9. The van der Waals surface area contributed by atoms with E-state index in [9.17, 15) is 9.59 Å². The first-order valence-corrected chi connectivity index (χ1v) is 14.8. The van der Waals surface area contributed by atoms with Crippen molar-refractivity contribution in [3.8, 4) is 5.75 Å². The van der Waals surface area contributed by atoms with Gasteiger partial charge in [-0.3, -0.25) is 14.5 Å². The zero-order valence-electron chi connectivity index (χ0n) is 23.1. The quantitative estimate of drug-likeness (QED) is 0.220. The molecule has 4 aromatic carbocycles. The number of nitrogens with zero attached hydrogens (tertiary/aromatic N) is 2. The van der Waals surface area contributed by atoms with Crippen LogP contribution in [0.15, 0.2) is 108 Å². The molecule has 0 radical (unpaired) electrons. The van der Waals surface area contributed by atoms with E-state index in [2.05, 4.69) is 74.7 Å². The molecule has 1 aliphatic heterocycles. The van der Waals surface area contributed by atoms with Crippen LogP contribution in [0.3, 0.4) is 0 Å². The van der Waals surface area contributed by atoms with Gasteiger partial charge in [0.2, 0.25) is 0 Å². The summed E-state index contributed by atoms with van der Waals surface area (Å²) in [5.41, 5.74) is 3.94. The summed E-state index contributed by atoms with van der Waals surface area (Å²) in [4.78, 5) is 31.1. The molecule has 1 aliphatic rings. The monoisotopic (exact) mass is 611 g/mol. The number of benzene rings is 4. The number of halogens is 1. The Labute approximate surface area is 250 Å². The maximum Gasteiger partial charge on any atom is 0.256 e. The van der Waals surface area contributed by atoms with Crippen molar-refractivity contribution in [2.24, 2.45) is 0 Å². The van der Waals surface area contributed by atoms with Gasteiger partial charge in [0.25, 0.3) is 11.8 Å². The summed E-state index contributed by atoms with van der Waals surface area (Å²) in [5.74, 6) is 0.326. The third-order valence-electron chi connectivity index (χ3n) is 7.26. The van der Waals surface area contributed by atoms with Crippen LogP contribution in [0.2, 0.25) is 0 Å². The summed E-state index contributed by atoms with van der Waals surface area (Å²) in [6.07, 6.45) is 0.898. The number of rotatable bonds is 9. The van der Waals surface area contributed by atoms with E-state index in [-0.39, 0.29) is 17.9 Å². The Bertz CT molecular complexity index is 1430. The van der Waals surface area contributed by atoms with Crippen LogP contribution in [0.5, 0.6) is 5.75 Å². The number of nitrogens with one attached hydrogen (secondary N) is 1. The SMILES string of the molecule is CCCOc1ccc(C(=O)Nc2ccccc2C(=O)N2CCN(C(c3ccccc3)c3ccccc3)CC2)cc1Br. The van der Waals surface area contributed by atoms with Crippen LogP contribution >= 0.6 is 15.9 Å². The van der Waals surface area contributed by atoms with Gasteiger partial charge in [0.1, 0.15) is 5.75 Å². The Morgan fingerprint density at radius 1 is 0.829 bits per heavy atom. The fraction of sp³-hybridized carbons (Fsp3) is 0.235. The topological polar surface area (TPSA) is 61.9 Å². The van der Waals surface area contributed by atoms with Gasteiger partial charge in [0.15, 0.2) is 0 Å². The van der Waals surface area contributed by atoms with Crippen molar-refractivity contribution >= 4 is 33.4 Å². The lowest BCUT2D eigenvalue weighted by atomic mass is 9.96. The van der Waals surface area contributed by atoms with Crippen molar-refractivity contribution in [2.45, 2.75) is 19.4 Å². The van der Waals surface area contributed by atoms with E-state index < -0.39 is 0 Å². The van der Waals surface area contributed by atoms with Gasteiger partial charge in [-0.15, -0.1) is 0 Å². The number of hydrogen-bond donors (Lipinski definition) is 1. The lowest BCUT2D eigenvalue weighted by molar-refractivity contribution is 0.0598. The van der Waals surface area contributed by atoms with Crippen LogP contribution in [0.4, 0.5) is 5.69 Å². The lowest BCUT2D eigenvalue weighted by Gasteiger charge is -2.40. The average molecular weight is 613 g/mol. The van der Waals surface area contributed by atoms with Gasteiger partial charge in [-0.2, -0.15) is 0 Å². The molecule has 1 N–H and O–H groups in total. The van der Waals surface area contributed by atoms with Crippen LogP contribution in [0.25, 0.3) is 0 Å². The number of hydrogen-bond acceptors (Lipinski definition) is 4. The van der Waals surface area contributed by atoms with Crippen LogP contribution in [-0.2, 0) is 0 Å². The normalized spacial score (nSPS) is 13.7. The Balaban J connectivity index is 1.28. The molecule has 0 aliphatic carbocycles. The fourth-order valence-electron chi connectivity index (χ4n) is 5.18. The minimum Gasteiger partial charge on any atom is -0.492 e. The number of ether oxygens (including phenoxy) is 1. The van der Waals surface area contributed by atoms with Crippen LogP contribution in [0.1, 0.15) is 51.2 Å². The van der Waals surface area contributed by atoms with Crippen molar-refractivity contribution < 1.29 is 14.3 Å². The highest BCUT2D eigenvalue weighted by molar-refractivity contribution is 9.10. The molecule has 4 aromatic rings. The molecule has 1 heterocycles. The van der Waals surface area contributed by atoms with Gasteiger partial charge in [0.05, 0.1) is 28.4 Å². The van der Waals surface area contributed by atoms with Gasteiger partial charge in [0, 0.05) is 31.7 Å². The van der Waals surface area contributed by atoms with Gasteiger partial charge in [-0.25, -0.2) is 0 Å². The first kappa shape index (κ1) is 28.6. The second-order valence-electron chi connectivity index (χ2n) is 10.0. The highest BCUT2D eigenvalue weighted by atomic mass is 79.9. The maximum absolute atomic E-state index is 13.7. The van der Waals surface area contributed by atoms with E-state index in [4.69, 9.17) is 4.74 Å². The fourth-order valence-corrected chi connectivity index (χ4v) is 5.68. The molecule has 0 unspecified atom stereocenters. The smallest absolute Gasteiger partial charge is 0.256 e. The molecule has 41 heavy (non-hydrogen) atoms. The Morgan fingerprint density at radius 3 is 2.05 bits per heavy atom. The third kappa shape index (κ3) is 6.87. The molecule has 210 valence electrons. The summed E-state index contributed by atoms with van der Waals surface area (Å²) in [6, 6.07) is 33.6. The van der Waals surface area contributed by atoms with E-state index in [0.29, 0.717) is 46.7 Å². The van der Waals surface area contributed by atoms with Crippen LogP contribution < -0.4 is 10.1 Å². The van der Waals surface area contributed by atoms with Gasteiger partial charge in [-0.1, -0.05) is 79.7 Å². The molecule has 0 atom stereocenters. The van der Waals surface area contributed by atoms with Gasteiger partial charge in [-0.05, 0) is 63.8 Å². The molecular weight excluding hydrogens is 578 g/mol. The Morgan fingerprint density at radius 2 is 1.44 bits per heavy atom. The van der Waals surface area contributed by atoms with E-state index >= 15 is 0 Å². The van der Waals surface area contributed by atoms with Gasteiger partial charge < -0.3 is 15.0 Å². The first-order chi connectivity index (χ1) is 20.0. The van der Waals surface area contributed by atoms with Crippen molar-refractivity contribution in [1.82, 2.24) is 9.80 Å². The van der Waals surface area contributed by atoms with Gasteiger partial charge >= 0.3 is 0 Å².